The number of hydrogen-bond acceptors (Lipinski definition) is 4. The van der Waals surface area contributed by atoms with Gasteiger partial charge >= 0.3 is 5.69 Å². The van der Waals surface area contributed by atoms with Crippen molar-refractivity contribution in [2.45, 2.75) is 13.5 Å². The van der Waals surface area contributed by atoms with Gasteiger partial charge in [0.25, 0.3) is 0 Å². The molecule has 0 unspecified atom stereocenters. The van der Waals surface area contributed by atoms with E-state index in [1.54, 1.807) is 12.4 Å². The summed E-state index contributed by atoms with van der Waals surface area (Å²) in [6.45, 7) is 3.10. The maximum atomic E-state index is 11.5. The average Bonchev–Trinajstić information content (AvgIpc) is 2.50. The number of aromatic nitrogens is 2. The summed E-state index contributed by atoms with van der Waals surface area (Å²) in [6.07, 6.45) is 3.32. The number of ether oxygens (including phenoxy) is 1. The number of benzene rings is 1. The van der Waals surface area contributed by atoms with Gasteiger partial charge in [0.2, 0.25) is 0 Å². The van der Waals surface area contributed by atoms with Crippen molar-refractivity contribution in [3.8, 4) is 17.6 Å². The molecule has 5 heteroatoms. The molecule has 5 nitrogen and oxygen atoms in total. The standard InChI is InChI=1S/C16H17N3O2/c1-13-11-18-16(20)19(12-13)9-10-21-15-6-4-14(5-7-15)3-2-8-17/h4-7,11-12H,8-10,17H2,1H3. The maximum Gasteiger partial charge on any atom is 0.347 e. The van der Waals surface area contributed by atoms with Gasteiger partial charge in [0.15, 0.2) is 0 Å². The third kappa shape index (κ3) is 4.48. The zero-order valence-electron chi connectivity index (χ0n) is 11.9. The van der Waals surface area contributed by atoms with E-state index in [1.807, 2.05) is 31.2 Å². The lowest BCUT2D eigenvalue weighted by Crippen LogP contribution is -2.25. The summed E-state index contributed by atoms with van der Waals surface area (Å²) in [5.74, 6) is 6.47. The first-order valence-corrected chi connectivity index (χ1v) is 6.64. The van der Waals surface area contributed by atoms with Crippen LogP contribution in [-0.4, -0.2) is 22.7 Å². The number of rotatable bonds is 4. The van der Waals surface area contributed by atoms with Crippen LogP contribution in [0.4, 0.5) is 0 Å². The lowest BCUT2D eigenvalue weighted by molar-refractivity contribution is 0.295. The Labute approximate surface area is 123 Å². The molecule has 0 saturated carbocycles. The monoisotopic (exact) mass is 283 g/mol. The fourth-order valence-electron chi connectivity index (χ4n) is 1.78. The highest BCUT2D eigenvalue weighted by atomic mass is 16.5. The molecule has 0 aliphatic heterocycles. The van der Waals surface area contributed by atoms with E-state index in [-0.39, 0.29) is 5.69 Å². The maximum absolute atomic E-state index is 11.5. The Morgan fingerprint density at radius 2 is 2.10 bits per heavy atom. The second-order valence-electron chi connectivity index (χ2n) is 4.49. The SMILES string of the molecule is Cc1cnc(=O)n(CCOc2ccc(C#CCN)cc2)c1. The Morgan fingerprint density at radius 3 is 2.81 bits per heavy atom. The molecular formula is C16H17N3O2. The van der Waals surface area contributed by atoms with Gasteiger partial charge in [-0.05, 0) is 36.8 Å². The third-order valence-electron chi connectivity index (χ3n) is 2.77. The first-order chi connectivity index (χ1) is 10.2. The molecule has 2 aromatic rings. The highest BCUT2D eigenvalue weighted by Crippen LogP contribution is 2.11. The van der Waals surface area contributed by atoms with Crippen molar-refractivity contribution in [1.29, 1.82) is 0 Å². The van der Waals surface area contributed by atoms with E-state index in [9.17, 15) is 4.79 Å². The first-order valence-electron chi connectivity index (χ1n) is 6.64. The molecule has 0 amide bonds. The lowest BCUT2D eigenvalue weighted by atomic mass is 10.2. The molecule has 1 heterocycles. The summed E-state index contributed by atoms with van der Waals surface area (Å²) in [7, 11) is 0. The van der Waals surface area contributed by atoms with Crippen molar-refractivity contribution < 1.29 is 4.74 Å². The highest BCUT2D eigenvalue weighted by Gasteiger charge is 1.99. The minimum absolute atomic E-state index is 0.267. The van der Waals surface area contributed by atoms with Crippen molar-refractivity contribution in [2.24, 2.45) is 5.73 Å². The van der Waals surface area contributed by atoms with E-state index in [0.29, 0.717) is 19.7 Å². The summed E-state index contributed by atoms with van der Waals surface area (Å²) >= 11 is 0. The van der Waals surface area contributed by atoms with Crippen LogP contribution >= 0.6 is 0 Å². The number of nitrogens with zero attached hydrogens (tertiary/aromatic N) is 2. The predicted molar refractivity (Wildman–Crippen MR) is 81.1 cm³/mol. The molecule has 108 valence electrons. The third-order valence-corrected chi connectivity index (χ3v) is 2.77. The van der Waals surface area contributed by atoms with Gasteiger partial charge in [-0.2, -0.15) is 0 Å². The minimum atomic E-state index is -0.267. The van der Waals surface area contributed by atoms with Gasteiger partial charge in [-0.1, -0.05) is 11.8 Å². The molecule has 0 spiro atoms. The molecule has 0 bridgehead atoms. The first kappa shape index (κ1) is 14.8. The summed E-state index contributed by atoms with van der Waals surface area (Å²) < 4.78 is 7.14. The molecule has 0 radical (unpaired) electrons. The Morgan fingerprint density at radius 1 is 1.33 bits per heavy atom. The molecule has 2 N–H and O–H groups in total. The van der Waals surface area contributed by atoms with E-state index in [0.717, 1.165) is 16.9 Å². The zero-order chi connectivity index (χ0) is 15.1. The predicted octanol–water partition coefficient (Wildman–Crippen LogP) is 0.941. The van der Waals surface area contributed by atoms with Gasteiger partial charge in [0.1, 0.15) is 12.4 Å². The van der Waals surface area contributed by atoms with E-state index in [1.165, 1.54) is 4.57 Å². The van der Waals surface area contributed by atoms with Crippen LogP contribution in [0, 0.1) is 18.8 Å². The van der Waals surface area contributed by atoms with Crippen LogP contribution in [0.5, 0.6) is 5.75 Å². The van der Waals surface area contributed by atoms with Crippen molar-refractivity contribution in [3.63, 3.8) is 0 Å². The average molecular weight is 283 g/mol. The Bertz CT molecular complexity index is 709. The molecule has 0 aliphatic rings. The van der Waals surface area contributed by atoms with Crippen LogP contribution in [0.1, 0.15) is 11.1 Å². The number of nitrogens with two attached hydrogens (primary N) is 1. The van der Waals surface area contributed by atoms with Crippen LogP contribution in [0.25, 0.3) is 0 Å². The molecule has 2 rings (SSSR count). The molecule has 0 fully saturated rings. The Balaban J connectivity index is 1.91. The van der Waals surface area contributed by atoms with Gasteiger partial charge in [-0.25, -0.2) is 9.78 Å². The molecule has 21 heavy (non-hydrogen) atoms. The molecular weight excluding hydrogens is 266 g/mol. The number of aryl methyl sites for hydroxylation is 1. The largest absolute Gasteiger partial charge is 0.492 e. The summed E-state index contributed by atoms with van der Waals surface area (Å²) in [5.41, 5.74) is 6.89. The van der Waals surface area contributed by atoms with Gasteiger partial charge in [0, 0.05) is 18.0 Å². The molecule has 0 atom stereocenters. The summed E-state index contributed by atoms with van der Waals surface area (Å²) in [5, 5.41) is 0. The smallest absolute Gasteiger partial charge is 0.347 e. The van der Waals surface area contributed by atoms with E-state index >= 15 is 0 Å². The van der Waals surface area contributed by atoms with Gasteiger partial charge < -0.3 is 10.5 Å². The number of hydrogen-bond donors (Lipinski definition) is 1. The van der Waals surface area contributed by atoms with Crippen molar-refractivity contribution >= 4 is 0 Å². The van der Waals surface area contributed by atoms with Crippen molar-refractivity contribution in [1.82, 2.24) is 9.55 Å². The molecule has 1 aromatic heterocycles. The summed E-state index contributed by atoms with van der Waals surface area (Å²) in [4.78, 5) is 15.3. The quantitative estimate of drug-likeness (QED) is 0.848. The topological polar surface area (TPSA) is 70.1 Å². The second-order valence-corrected chi connectivity index (χ2v) is 4.49. The van der Waals surface area contributed by atoms with E-state index < -0.39 is 0 Å². The van der Waals surface area contributed by atoms with Crippen LogP contribution in [0.2, 0.25) is 0 Å². The van der Waals surface area contributed by atoms with Gasteiger partial charge in [0.05, 0.1) is 13.1 Å². The van der Waals surface area contributed by atoms with Gasteiger partial charge in [-0.3, -0.25) is 4.57 Å². The van der Waals surface area contributed by atoms with Crippen molar-refractivity contribution in [3.05, 3.63) is 58.3 Å². The van der Waals surface area contributed by atoms with Crippen LogP contribution in [0.3, 0.4) is 0 Å². The fraction of sp³-hybridized carbons (Fsp3) is 0.250. The van der Waals surface area contributed by atoms with E-state index in [4.69, 9.17) is 10.5 Å². The zero-order valence-corrected chi connectivity index (χ0v) is 11.9. The van der Waals surface area contributed by atoms with Crippen molar-refractivity contribution in [2.75, 3.05) is 13.2 Å². The lowest BCUT2D eigenvalue weighted by Gasteiger charge is -2.08. The molecule has 0 saturated heterocycles. The normalized spacial score (nSPS) is 9.81. The van der Waals surface area contributed by atoms with E-state index in [2.05, 4.69) is 16.8 Å². The highest BCUT2D eigenvalue weighted by molar-refractivity contribution is 5.38. The Kier molecular flexibility index (Phi) is 5.13. The summed E-state index contributed by atoms with van der Waals surface area (Å²) in [6, 6.07) is 7.44. The molecule has 0 aliphatic carbocycles. The Hall–Kier alpha value is -2.58. The van der Waals surface area contributed by atoms with Crippen LogP contribution in [-0.2, 0) is 6.54 Å². The second kappa shape index (κ2) is 7.27. The minimum Gasteiger partial charge on any atom is -0.492 e. The van der Waals surface area contributed by atoms with Crippen LogP contribution < -0.4 is 16.2 Å². The molecule has 1 aromatic carbocycles. The fourth-order valence-corrected chi connectivity index (χ4v) is 1.78. The van der Waals surface area contributed by atoms with Crippen LogP contribution in [0.15, 0.2) is 41.5 Å². The van der Waals surface area contributed by atoms with Gasteiger partial charge in [-0.15, -0.1) is 0 Å².